The maximum atomic E-state index is 11.8. The summed E-state index contributed by atoms with van der Waals surface area (Å²) in [4.78, 5) is 22.8. The van der Waals surface area contributed by atoms with Crippen molar-refractivity contribution in [3.05, 3.63) is 29.8 Å². The number of rotatable bonds is 7. The second-order valence-corrected chi connectivity index (χ2v) is 4.98. The molecule has 110 valence electrons. The molecular formula is C15H21NO4. The summed E-state index contributed by atoms with van der Waals surface area (Å²) in [5.74, 6) is -0.624. The molecule has 1 aromatic carbocycles. The molecule has 0 heterocycles. The molecule has 2 N–H and O–H groups in total. The number of aliphatic carboxylic acids is 1. The van der Waals surface area contributed by atoms with Crippen molar-refractivity contribution in [3.63, 3.8) is 0 Å². The van der Waals surface area contributed by atoms with Gasteiger partial charge in [-0.3, -0.25) is 4.79 Å². The molecule has 1 amide bonds. The minimum absolute atomic E-state index is 0.141. The topological polar surface area (TPSA) is 75.6 Å². The molecule has 0 fully saturated rings. The van der Waals surface area contributed by atoms with E-state index in [0.717, 1.165) is 11.3 Å². The first-order valence-electron chi connectivity index (χ1n) is 6.59. The smallest absolute Gasteiger partial charge is 0.326 e. The second kappa shape index (κ2) is 7.53. The van der Waals surface area contributed by atoms with Gasteiger partial charge in [0.25, 0.3) is 0 Å². The third-order valence-corrected chi connectivity index (χ3v) is 3.05. The van der Waals surface area contributed by atoms with Crippen LogP contribution in [0.1, 0.15) is 25.8 Å². The van der Waals surface area contributed by atoms with Gasteiger partial charge in [-0.15, -0.1) is 0 Å². The lowest BCUT2D eigenvalue weighted by Gasteiger charge is -2.17. The fraction of sp³-hybridized carbons (Fsp3) is 0.467. The molecular weight excluding hydrogens is 258 g/mol. The Bertz CT molecular complexity index is 453. The molecule has 5 nitrogen and oxygen atoms in total. The predicted molar refractivity (Wildman–Crippen MR) is 75.7 cm³/mol. The van der Waals surface area contributed by atoms with Gasteiger partial charge in [0, 0.05) is 6.42 Å². The number of carbonyl (C=O) groups excluding carboxylic acids is 1. The minimum atomic E-state index is -1.00. The summed E-state index contributed by atoms with van der Waals surface area (Å²) in [6.45, 7) is 3.53. The molecule has 0 saturated heterocycles. The SMILES string of the molecule is COc1ccc(CCC(=O)N[C@H](C(=O)O)C(C)C)cc1. The van der Waals surface area contributed by atoms with Gasteiger partial charge in [-0.25, -0.2) is 4.79 Å². The number of methoxy groups -OCH3 is 1. The first kappa shape index (κ1) is 16.0. The molecule has 0 aromatic heterocycles. The highest BCUT2D eigenvalue weighted by molar-refractivity contribution is 5.83. The monoisotopic (exact) mass is 279 g/mol. The lowest BCUT2D eigenvalue weighted by atomic mass is 10.0. The van der Waals surface area contributed by atoms with Crippen LogP contribution in [0.25, 0.3) is 0 Å². The summed E-state index contributed by atoms with van der Waals surface area (Å²) in [5, 5.41) is 11.6. The van der Waals surface area contributed by atoms with E-state index >= 15 is 0 Å². The Morgan fingerprint density at radius 3 is 2.30 bits per heavy atom. The van der Waals surface area contributed by atoms with Crippen molar-refractivity contribution in [2.75, 3.05) is 7.11 Å². The molecule has 20 heavy (non-hydrogen) atoms. The van der Waals surface area contributed by atoms with E-state index in [0.29, 0.717) is 6.42 Å². The number of carbonyl (C=O) groups is 2. The van der Waals surface area contributed by atoms with Gasteiger partial charge in [0.05, 0.1) is 7.11 Å². The van der Waals surface area contributed by atoms with E-state index < -0.39 is 12.0 Å². The number of hydrogen-bond donors (Lipinski definition) is 2. The maximum Gasteiger partial charge on any atom is 0.326 e. The van der Waals surface area contributed by atoms with Gasteiger partial charge < -0.3 is 15.2 Å². The molecule has 5 heteroatoms. The van der Waals surface area contributed by atoms with Gasteiger partial charge in [-0.1, -0.05) is 26.0 Å². The summed E-state index contributed by atoms with van der Waals surface area (Å²) in [5.41, 5.74) is 1.01. The van der Waals surface area contributed by atoms with Crippen molar-refractivity contribution in [3.8, 4) is 5.75 Å². The third kappa shape index (κ3) is 4.91. The molecule has 1 atom stereocenters. The van der Waals surface area contributed by atoms with Crippen LogP contribution in [0.2, 0.25) is 0 Å². The van der Waals surface area contributed by atoms with Crippen molar-refractivity contribution in [1.82, 2.24) is 5.32 Å². The van der Waals surface area contributed by atoms with E-state index in [1.807, 2.05) is 24.3 Å². The first-order valence-corrected chi connectivity index (χ1v) is 6.59. The predicted octanol–water partition coefficient (Wildman–Crippen LogP) is 1.85. The maximum absolute atomic E-state index is 11.8. The van der Waals surface area contributed by atoms with Gasteiger partial charge in [0.15, 0.2) is 0 Å². The van der Waals surface area contributed by atoms with Gasteiger partial charge in [0.1, 0.15) is 11.8 Å². The molecule has 0 aliphatic carbocycles. The highest BCUT2D eigenvalue weighted by Gasteiger charge is 2.22. The van der Waals surface area contributed by atoms with Crippen LogP contribution in [0.4, 0.5) is 0 Å². The summed E-state index contributed by atoms with van der Waals surface area (Å²) in [6.07, 6.45) is 0.836. The number of aryl methyl sites for hydroxylation is 1. The second-order valence-electron chi connectivity index (χ2n) is 4.98. The van der Waals surface area contributed by atoms with Gasteiger partial charge >= 0.3 is 5.97 Å². The van der Waals surface area contributed by atoms with Crippen LogP contribution in [0, 0.1) is 5.92 Å². The van der Waals surface area contributed by atoms with Crippen LogP contribution in [-0.4, -0.2) is 30.1 Å². The summed E-state index contributed by atoms with van der Waals surface area (Å²) in [7, 11) is 1.60. The fourth-order valence-corrected chi connectivity index (χ4v) is 1.81. The molecule has 0 aliphatic heterocycles. The zero-order chi connectivity index (χ0) is 15.1. The Morgan fingerprint density at radius 1 is 1.25 bits per heavy atom. The molecule has 1 aromatic rings. The van der Waals surface area contributed by atoms with Crippen LogP contribution < -0.4 is 10.1 Å². The van der Waals surface area contributed by atoms with Crippen molar-refractivity contribution in [1.29, 1.82) is 0 Å². The van der Waals surface area contributed by atoms with Crippen LogP contribution in [-0.2, 0) is 16.0 Å². The highest BCUT2D eigenvalue weighted by atomic mass is 16.5. The average molecular weight is 279 g/mol. The van der Waals surface area contributed by atoms with Crippen molar-refractivity contribution in [2.45, 2.75) is 32.7 Å². The Hall–Kier alpha value is -2.04. The standard InChI is InChI=1S/C15H21NO4/c1-10(2)14(15(18)19)16-13(17)9-6-11-4-7-12(20-3)8-5-11/h4-5,7-8,10,14H,6,9H2,1-3H3,(H,16,17)(H,18,19)/t14-/m0/s1. The first-order chi connectivity index (χ1) is 9.43. The van der Waals surface area contributed by atoms with Gasteiger partial charge in [0.2, 0.25) is 5.91 Å². The molecule has 0 unspecified atom stereocenters. The number of nitrogens with one attached hydrogen (secondary N) is 1. The van der Waals surface area contributed by atoms with Crippen LogP contribution in [0.5, 0.6) is 5.75 Å². The molecule has 0 radical (unpaired) electrons. The summed E-state index contributed by atoms with van der Waals surface area (Å²) >= 11 is 0. The van der Waals surface area contributed by atoms with Crippen LogP contribution >= 0.6 is 0 Å². The largest absolute Gasteiger partial charge is 0.497 e. The zero-order valence-electron chi connectivity index (χ0n) is 12.1. The number of amides is 1. The zero-order valence-corrected chi connectivity index (χ0v) is 12.1. The number of benzene rings is 1. The van der Waals surface area contributed by atoms with Gasteiger partial charge in [-0.05, 0) is 30.0 Å². The highest BCUT2D eigenvalue weighted by Crippen LogP contribution is 2.12. The lowest BCUT2D eigenvalue weighted by molar-refractivity contribution is -0.143. The average Bonchev–Trinajstić information content (AvgIpc) is 2.42. The normalized spacial score (nSPS) is 12.0. The molecule has 1 rings (SSSR count). The summed E-state index contributed by atoms with van der Waals surface area (Å²) in [6, 6.07) is 6.62. The molecule has 0 bridgehead atoms. The Labute approximate surface area is 118 Å². The molecule has 0 saturated carbocycles. The van der Waals surface area contributed by atoms with Gasteiger partial charge in [-0.2, -0.15) is 0 Å². The Balaban J connectivity index is 2.47. The van der Waals surface area contributed by atoms with E-state index in [9.17, 15) is 9.59 Å². The van der Waals surface area contributed by atoms with Crippen LogP contribution in [0.15, 0.2) is 24.3 Å². The fourth-order valence-electron chi connectivity index (χ4n) is 1.81. The number of carboxylic acid groups (broad SMARTS) is 1. The number of hydrogen-bond acceptors (Lipinski definition) is 3. The number of ether oxygens (including phenoxy) is 1. The Morgan fingerprint density at radius 2 is 1.85 bits per heavy atom. The quantitative estimate of drug-likeness (QED) is 0.798. The lowest BCUT2D eigenvalue weighted by Crippen LogP contribution is -2.44. The van der Waals surface area contributed by atoms with Crippen LogP contribution in [0.3, 0.4) is 0 Å². The van der Waals surface area contributed by atoms with E-state index in [2.05, 4.69) is 5.32 Å². The third-order valence-electron chi connectivity index (χ3n) is 3.05. The molecule has 0 aliphatic rings. The van der Waals surface area contributed by atoms with Crippen molar-refractivity contribution in [2.24, 2.45) is 5.92 Å². The van der Waals surface area contributed by atoms with E-state index in [1.54, 1.807) is 21.0 Å². The number of carboxylic acids is 1. The minimum Gasteiger partial charge on any atom is -0.497 e. The molecule has 0 spiro atoms. The van der Waals surface area contributed by atoms with Crippen molar-refractivity contribution >= 4 is 11.9 Å². The Kier molecular flexibility index (Phi) is 6.03. The van der Waals surface area contributed by atoms with Crippen molar-refractivity contribution < 1.29 is 19.4 Å². The summed E-state index contributed by atoms with van der Waals surface area (Å²) < 4.78 is 5.06. The van der Waals surface area contributed by atoms with E-state index in [-0.39, 0.29) is 18.2 Å². The van der Waals surface area contributed by atoms with E-state index in [4.69, 9.17) is 9.84 Å². The van der Waals surface area contributed by atoms with E-state index in [1.165, 1.54) is 0 Å².